The number of carbonyl (C=O) groups is 3. The molecule has 0 spiro atoms. The second-order valence-corrected chi connectivity index (χ2v) is 9.66. The van der Waals surface area contributed by atoms with Gasteiger partial charge in [0.2, 0.25) is 10.0 Å². The summed E-state index contributed by atoms with van der Waals surface area (Å²) in [6.07, 6.45) is 6.59. The summed E-state index contributed by atoms with van der Waals surface area (Å²) in [5.41, 5.74) is 2.25. The van der Waals surface area contributed by atoms with Crippen LogP contribution in [0.2, 0.25) is 0 Å². The predicted molar refractivity (Wildman–Crippen MR) is 114 cm³/mol. The topological polar surface area (TPSA) is 125 Å². The van der Waals surface area contributed by atoms with E-state index in [-0.39, 0.29) is 11.3 Å². The van der Waals surface area contributed by atoms with Gasteiger partial charge in [-0.2, -0.15) is 5.01 Å². The van der Waals surface area contributed by atoms with Crippen molar-refractivity contribution in [3.05, 3.63) is 29.3 Å². The van der Waals surface area contributed by atoms with Crippen molar-refractivity contribution in [1.29, 1.82) is 0 Å². The van der Waals surface area contributed by atoms with Crippen molar-refractivity contribution < 1.29 is 22.8 Å². The van der Waals surface area contributed by atoms with Crippen LogP contribution in [0.3, 0.4) is 0 Å². The molecule has 30 heavy (non-hydrogen) atoms. The maximum atomic E-state index is 12.8. The van der Waals surface area contributed by atoms with Gasteiger partial charge < -0.3 is 5.32 Å². The summed E-state index contributed by atoms with van der Waals surface area (Å²) in [6, 6.07) is 3.74. The van der Waals surface area contributed by atoms with E-state index >= 15 is 0 Å². The van der Waals surface area contributed by atoms with Gasteiger partial charge in [-0.3, -0.25) is 19.7 Å². The fourth-order valence-corrected chi connectivity index (χ4v) is 3.90. The number of rotatable bonds is 10. The maximum Gasteiger partial charge on any atom is 0.344 e. The van der Waals surface area contributed by atoms with Gasteiger partial charge in [0.05, 0.1) is 11.9 Å². The highest BCUT2D eigenvalue weighted by atomic mass is 32.2. The Morgan fingerprint density at radius 1 is 1.17 bits per heavy atom. The van der Waals surface area contributed by atoms with Crippen LogP contribution >= 0.6 is 0 Å². The van der Waals surface area contributed by atoms with Crippen molar-refractivity contribution in [3.63, 3.8) is 0 Å². The zero-order valence-corrected chi connectivity index (χ0v) is 18.7. The molecule has 1 heterocycles. The van der Waals surface area contributed by atoms with E-state index in [1.807, 2.05) is 0 Å². The molecule has 2 rings (SSSR count). The monoisotopic (exact) mass is 438 g/mol. The van der Waals surface area contributed by atoms with Crippen molar-refractivity contribution in [2.45, 2.75) is 64.8 Å². The Labute approximate surface area is 177 Å². The molecule has 0 unspecified atom stereocenters. The smallest absolute Gasteiger partial charge is 0.322 e. The first-order valence-corrected chi connectivity index (χ1v) is 11.9. The minimum Gasteiger partial charge on any atom is -0.322 e. The number of urea groups is 1. The number of nitrogens with zero attached hydrogens (tertiary/aromatic N) is 1. The van der Waals surface area contributed by atoms with Gasteiger partial charge in [0.15, 0.2) is 0 Å². The summed E-state index contributed by atoms with van der Waals surface area (Å²) in [5, 5.41) is 3.35. The van der Waals surface area contributed by atoms with Crippen molar-refractivity contribution in [2.24, 2.45) is 0 Å². The molecule has 1 atom stereocenters. The van der Waals surface area contributed by atoms with Gasteiger partial charge >= 0.3 is 6.03 Å². The number of hydrazine groups is 1. The second-order valence-electron chi connectivity index (χ2n) is 7.91. The largest absolute Gasteiger partial charge is 0.344 e. The third-order valence-corrected chi connectivity index (χ3v) is 5.64. The lowest BCUT2D eigenvalue weighted by Gasteiger charge is -2.21. The lowest BCUT2D eigenvalue weighted by Crippen LogP contribution is -2.48. The third kappa shape index (κ3) is 5.94. The van der Waals surface area contributed by atoms with E-state index in [1.165, 1.54) is 12.1 Å². The van der Waals surface area contributed by atoms with Crippen molar-refractivity contribution in [2.75, 3.05) is 11.0 Å². The number of nitrogens with one attached hydrogen (secondary N) is 3. The second kappa shape index (κ2) is 9.46. The Kier molecular flexibility index (Phi) is 7.46. The van der Waals surface area contributed by atoms with E-state index in [4.69, 9.17) is 0 Å². The highest BCUT2D eigenvalue weighted by molar-refractivity contribution is 7.92. The minimum absolute atomic E-state index is 0.112. The molecule has 0 radical (unpaired) electrons. The summed E-state index contributed by atoms with van der Waals surface area (Å²) in [4.78, 5) is 37.7. The summed E-state index contributed by atoms with van der Waals surface area (Å²) in [5.74, 6) is -1.21. The molecule has 0 saturated carbocycles. The molecule has 0 bridgehead atoms. The Morgan fingerprint density at radius 3 is 2.47 bits per heavy atom. The number of imide groups is 1. The zero-order chi connectivity index (χ0) is 22.5. The number of hydrogen-bond acceptors (Lipinski definition) is 5. The van der Waals surface area contributed by atoms with Crippen LogP contribution in [-0.2, 0) is 14.8 Å². The average Bonchev–Trinajstić information content (AvgIpc) is 2.85. The molecule has 1 aromatic carbocycles. The first-order valence-electron chi connectivity index (χ1n) is 10.0. The first kappa shape index (κ1) is 23.7. The molecule has 0 aliphatic carbocycles. The average molecular weight is 439 g/mol. The number of amides is 4. The lowest BCUT2D eigenvalue weighted by molar-refractivity contribution is -0.132. The molecular formula is C20H30N4O5S. The lowest BCUT2D eigenvalue weighted by atomic mass is 9.94. The molecule has 1 aliphatic rings. The molecule has 1 saturated heterocycles. The van der Waals surface area contributed by atoms with Gasteiger partial charge in [-0.25, -0.2) is 13.2 Å². The van der Waals surface area contributed by atoms with Crippen molar-refractivity contribution in [1.82, 2.24) is 15.8 Å². The van der Waals surface area contributed by atoms with Gasteiger partial charge in [0.1, 0.15) is 5.54 Å². The van der Waals surface area contributed by atoms with E-state index in [0.29, 0.717) is 17.0 Å². The number of hydrogen-bond donors (Lipinski definition) is 3. The first-order chi connectivity index (χ1) is 14.0. The van der Waals surface area contributed by atoms with Crippen molar-refractivity contribution in [3.8, 4) is 0 Å². The number of sulfonamides is 1. The van der Waals surface area contributed by atoms with E-state index in [1.54, 1.807) is 19.9 Å². The summed E-state index contributed by atoms with van der Waals surface area (Å²) >= 11 is 0. The molecule has 166 valence electrons. The molecule has 1 aromatic rings. The molecule has 3 N–H and O–H groups in total. The fraction of sp³-hybridized carbons (Fsp3) is 0.550. The number of aryl methyl sites for hydroxylation is 1. The molecule has 10 heteroatoms. The quantitative estimate of drug-likeness (QED) is 0.383. The van der Waals surface area contributed by atoms with Gasteiger partial charge in [0.25, 0.3) is 11.8 Å². The SMILES string of the molecule is CCCCCCC[C@]1(C)NC(=O)N(NC(=O)c2ccc(C)c(NS(C)(=O)=O)c2)C1=O. The number of benzene rings is 1. The van der Waals surface area contributed by atoms with E-state index < -0.39 is 33.4 Å². The molecule has 4 amide bonds. The Morgan fingerprint density at radius 2 is 1.83 bits per heavy atom. The standard InChI is InChI=1S/C20H30N4O5S/c1-5-6-7-8-9-12-20(3)18(26)24(19(27)21-20)22-17(25)15-11-10-14(2)16(13-15)23-30(4,28)29/h10-11,13,23H,5-9,12H2,1-4H3,(H,21,27)(H,22,25)/t20-/m0/s1. The van der Waals surface area contributed by atoms with Gasteiger partial charge in [-0.1, -0.05) is 45.1 Å². The van der Waals surface area contributed by atoms with Gasteiger partial charge in [-0.15, -0.1) is 0 Å². The molecule has 0 aromatic heterocycles. The van der Waals surface area contributed by atoms with Crippen LogP contribution in [0.1, 0.15) is 68.3 Å². The van der Waals surface area contributed by atoms with Crippen LogP contribution in [0, 0.1) is 6.92 Å². The van der Waals surface area contributed by atoms with Gasteiger partial charge in [0, 0.05) is 5.56 Å². The molecule has 9 nitrogen and oxygen atoms in total. The van der Waals surface area contributed by atoms with E-state index in [0.717, 1.165) is 38.4 Å². The highest BCUT2D eigenvalue weighted by Gasteiger charge is 2.48. The Bertz CT molecular complexity index is 931. The molecule has 1 aliphatic heterocycles. The van der Waals surface area contributed by atoms with Crippen LogP contribution in [0.25, 0.3) is 0 Å². The third-order valence-electron chi connectivity index (χ3n) is 5.05. The van der Waals surface area contributed by atoms with Crippen LogP contribution in [0.15, 0.2) is 18.2 Å². The zero-order valence-electron chi connectivity index (χ0n) is 17.9. The molecular weight excluding hydrogens is 408 g/mol. The van der Waals surface area contributed by atoms with Crippen molar-refractivity contribution >= 4 is 33.6 Å². The van der Waals surface area contributed by atoms with Crippen LogP contribution in [0.4, 0.5) is 10.5 Å². The fourth-order valence-electron chi connectivity index (χ4n) is 3.28. The van der Waals surface area contributed by atoms with Crippen LogP contribution in [0.5, 0.6) is 0 Å². The summed E-state index contributed by atoms with van der Waals surface area (Å²) in [6.45, 7) is 5.47. The van der Waals surface area contributed by atoms with E-state index in [2.05, 4.69) is 22.4 Å². The van der Waals surface area contributed by atoms with Gasteiger partial charge in [-0.05, 0) is 38.0 Å². The highest BCUT2D eigenvalue weighted by Crippen LogP contribution is 2.24. The normalized spacial score (nSPS) is 19.0. The summed E-state index contributed by atoms with van der Waals surface area (Å²) in [7, 11) is -3.52. The van der Waals surface area contributed by atoms with Crippen LogP contribution < -0.4 is 15.5 Å². The van der Waals surface area contributed by atoms with Crippen LogP contribution in [-0.4, -0.2) is 43.1 Å². The maximum absolute atomic E-state index is 12.8. The molecule has 1 fully saturated rings. The van der Waals surface area contributed by atoms with E-state index in [9.17, 15) is 22.8 Å². The predicted octanol–water partition coefficient (Wildman–Crippen LogP) is 2.68. The number of carbonyl (C=O) groups excluding carboxylic acids is 3. The number of unbranched alkanes of at least 4 members (excludes halogenated alkanes) is 4. The Balaban J connectivity index is 2.07. The minimum atomic E-state index is -3.52. The summed E-state index contributed by atoms with van der Waals surface area (Å²) < 4.78 is 25.3. The Hall–Kier alpha value is -2.62. The number of anilines is 1.